The molecule has 3 aromatic rings. The Bertz CT molecular complexity index is 891. The minimum Gasteiger partial charge on any atom is -0.497 e. The van der Waals surface area contributed by atoms with Gasteiger partial charge in [0.1, 0.15) is 11.5 Å². The van der Waals surface area contributed by atoms with Gasteiger partial charge < -0.3 is 14.1 Å². The molecule has 118 valence electrons. The fourth-order valence-electron chi connectivity index (χ4n) is 3.13. The lowest BCUT2D eigenvalue weighted by Crippen LogP contribution is -2.26. The van der Waals surface area contributed by atoms with E-state index >= 15 is 0 Å². The maximum Gasteiger partial charge on any atom is 0.313 e. The number of fused-ring (bicyclic) bond motifs is 2. The van der Waals surface area contributed by atoms with Gasteiger partial charge in [0.15, 0.2) is 5.82 Å². The van der Waals surface area contributed by atoms with Gasteiger partial charge in [-0.25, -0.2) is 0 Å². The molecule has 0 unspecified atom stereocenters. The lowest BCUT2D eigenvalue weighted by Gasteiger charge is -2.30. The Morgan fingerprint density at radius 3 is 2.96 bits per heavy atom. The van der Waals surface area contributed by atoms with Crippen molar-refractivity contribution in [2.24, 2.45) is 0 Å². The summed E-state index contributed by atoms with van der Waals surface area (Å²) < 4.78 is 24.6. The summed E-state index contributed by atoms with van der Waals surface area (Å²) in [6.07, 6.45) is 1.15. The van der Waals surface area contributed by atoms with Crippen LogP contribution in [0.25, 0.3) is 11.1 Å². The molecule has 1 aliphatic rings. The van der Waals surface area contributed by atoms with Crippen LogP contribution in [0.3, 0.4) is 0 Å². The highest BCUT2D eigenvalue weighted by Gasteiger charge is 2.24. The highest BCUT2D eigenvalue weighted by molar-refractivity contribution is 5.89. The van der Waals surface area contributed by atoms with Crippen LogP contribution in [0.4, 0.5) is 15.9 Å². The Labute approximate surface area is 132 Å². The van der Waals surface area contributed by atoms with Crippen LogP contribution in [0.1, 0.15) is 17.7 Å². The predicted octanol–water partition coefficient (Wildman–Crippen LogP) is 3.76. The van der Waals surface area contributed by atoms with Gasteiger partial charge in [-0.1, -0.05) is 0 Å². The van der Waals surface area contributed by atoms with E-state index in [2.05, 4.69) is 9.97 Å². The van der Waals surface area contributed by atoms with Crippen LogP contribution in [-0.2, 0) is 6.42 Å². The van der Waals surface area contributed by atoms with Gasteiger partial charge >= 0.3 is 6.08 Å². The lowest BCUT2D eigenvalue weighted by molar-refractivity contribution is 0.414. The molecule has 3 heterocycles. The Morgan fingerprint density at radius 1 is 1.26 bits per heavy atom. The summed E-state index contributed by atoms with van der Waals surface area (Å²) in [6, 6.07) is 7.78. The molecule has 2 aromatic heterocycles. The molecule has 1 aliphatic heterocycles. The summed E-state index contributed by atoms with van der Waals surface area (Å²) in [5.74, 6) is 2.06. The predicted molar refractivity (Wildman–Crippen MR) is 84.8 cm³/mol. The third kappa shape index (κ3) is 2.30. The summed E-state index contributed by atoms with van der Waals surface area (Å²) in [4.78, 5) is 9.81. The zero-order chi connectivity index (χ0) is 16.0. The number of nitrogens with zero attached hydrogens (tertiary/aromatic N) is 3. The second kappa shape index (κ2) is 5.22. The Hall–Kier alpha value is -2.63. The number of ether oxygens (including phenoxy) is 1. The monoisotopic (exact) mass is 312 g/mol. The molecular formula is C17H16FN3O2. The molecule has 1 aromatic carbocycles. The van der Waals surface area contributed by atoms with Gasteiger partial charge in [0.25, 0.3) is 0 Å². The molecule has 0 amide bonds. The van der Waals surface area contributed by atoms with E-state index in [0.29, 0.717) is 11.6 Å². The Balaban J connectivity index is 1.90. The van der Waals surface area contributed by atoms with Gasteiger partial charge in [-0.2, -0.15) is 14.4 Å². The van der Waals surface area contributed by atoms with Crippen molar-refractivity contribution in [3.05, 3.63) is 41.7 Å². The van der Waals surface area contributed by atoms with Gasteiger partial charge in [0.05, 0.1) is 12.5 Å². The second-order valence-corrected chi connectivity index (χ2v) is 5.64. The first-order valence-corrected chi connectivity index (χ1v) is 7.54. The van der Waals surface area contributed by atoms with Crippen molar-refractivity contribution in [2.75, 3.05) is 18.6 Å². The van der Waals surface area contributed by atoms with E-state index in [0.717, 1.165) is 36.2 Å². The van der Waals surface area contributed by atoms with E-state index in [1.165, 1.54) is 5.56 Å². The van der Waals surface area contributed by atoms with Crippen molar-refractivity contribution in [3.8, 4) is 5.75 Å². The molecule has 23 heavy (non-hydrogen) atoms. The maximum atomic E-state index is 13.8. The number of rotatable bonds is 2. The molecule has 0 bridgehead atoms. The maximum absolute atomic E-state index is 13.8. The third-order valence-electron chi connectivity index (χ3n) is 4.13. The zero-order valence-electron chi connectivity index (χ0n) is 13.0. The molecular weight excluding hydrogens is 296 g/mol. The number of methoxy groups -OCH3 is 1. The SMILES string of the molecule is COc1ccc2c(c1)CCCN2c1nc([18F])nc2oc(C)cc12. The number of halogens is 1. The first-order chi connectivity index (χ1) is 11.2. The first kappa shape index (κ1) is 14.0. The molecule has 4 rings (SSSR count). The summed E-state index contributed by atoms with van der Waals surface area (Å²) >= 11 is 0. The van der Waals surface area contributed by atoms with Gasteiger partial charge in [-0.05, 0) is 49.6 Å². The van der Waals surface area contributed by atoms with E-state index in [-0.39, 0.29) is 5.71 Å². The molecule has 0 atom stereocenters. The highest BCUT2D eigenvalue weighted by Crippen LogP contribution is 2.37. The number of aryl methyl sites for hydroxylation is 2. The smallest absolute Gasteiger partial charge is 0.313 e. The topological polar surface area (TPSA) is 51.4 Å². The van der Waals surface area contributed by atoms with Gasteiger partial charge in [-0.15, -0.1) is 0 Å². The van der Waals surface area contributed by atoms with E-state index in [9.17, 15) is 4.39 Å². The fraction of sp³-hybridized carbons (Fsp3) is 0.294. The minimum absolute atomic E-state index is 0.283. The summed E-state index contributed by atoms with van der Waals surface area (Å²) in [5.41, 5.74) is 2.48. The Kier molecular flexibility index (Phi) is 3.18. The zero-order valence-corrected chi connectivity index (χ0v) is 13.0. The largest absolute Gasteiger partial charge is 0.497 e. The van der Waals surface area contributed by atoms with Gasteiger partial charge in [0.2, 0.25) is 5.71 Å². The van der Waals surface area contributed by atoms with Crippen molar-refractivity contribution < 1.29 is 13.5 Å². The summed E-state index contributed by atoms with van der Waals surface area (Å²) in [6.45, 7) is 2.59. The van der Waals surface area contributed by atoms with Gasteiger partial charge in [-0.3, -0.25) is 0 Å². The number of hydrogen-bond donors (Lipinski definition) is 0. The van der Waals surface area contributed by atoms with Crippen molar-refractivity contribution >= 4 is 22.6 Å². The Morgan fingerprint density at radius 2 is 2.13 bits per heavy atom. The van der Waals surface area contributed by atoms with Crippen LogP contribution in [0.5, 0.6) is 5.75 Å². The molecule has 0 spiro atoms. The molecule has 0 saturated carbocycles. The van der Waals surface area contributed by atoms with E-state index in [4.69, 9.17) is 9.15 Å². The van der Waals surface area contributed by atoms with Crippen LogP contribution in [0.2, 0.25) is 0 Å². The summed E-state index contributed by atoms with van der Waals surface area (Å²) in [7, 11) is 1.65. The molecule has 0 saturated heterocycles. The fourth-order valence-corrected chi connectivity index (χ4v) is 3.13. The molecule has 0 aliphatic carbocycles. The molecule has 0 fully saturated rings. The molecule has 6 heteroatoms. The van der Waals surface area contributed by atoms with E-state index in [1.807, 2.05) is 36.1 Å². The third-order valence-corrected chi connectivity index (χ3v) is 4.13. The number of anilines is 2. The molecule has 0 N–H and O–H groups in total. The number of hydrogen-bond acceptors (Lipinski definition) is 5. The van der Waals surface area contributed by atoms with Crippen molar-refractivity contribution in [3.63, 3.8) is 0 Å². The molecule has 5 nitrogen and oxygen atoms in total. The van der Waals surface area contributed by atoms with Crippen molar-refractivity contribution in [2.45, 2.75) is 19.8 Å². The highest BCUT2D eigenvalue weighted by atomic mass is 18.2. The molecule has 0 radical (unpaired) electrons. The minimum atomic E-state index is -0.775. The van der Waals surface area contributed by atoms with E-state index < -0.39 is 6.08 Å². The number of aromatic nitrogens is 2. The standard InChI is InChI=1S/C17H16FN3O2/c1-10-8-13-15(19-17(18)20-16(13)23-10)21-7-3-4-11-9-12(22-2)5-6-14(11)21/h5-6,8-9H,3-4,7H2,1-2H3/i18-1. The normalized spacial score (nSPS) is 14.1. The van der Waals surface area contributed by atoms with Crippen LogP contribution >= 0.6 is 0 Å². The van der Waals surface area contributed by atoms with E-state index in [1.54, 1.807) is 7.11 Å². The summed E-state index contributed by atoms with van der Waals surface area (Å²) in [5, 5.41) is 0.729. The van der Waals surface area contributed by atoms with Gasteiger partial charge in [0, 0.05) is 12.2 Å². The van der Waals surface area contributed by atoms with Crippen LogP contribution in [0.15, 0.2) is 28.7 Å². The average Bonchev–Trinajstić information content (AvgIpc) is 2.93. The first-order valence-electron chi connectivity index (χ1n) is 7.54. The van der Waals surface area contributed by atoms with Crippen LogP contribution in [0, 0.1) is 13.0 Å². The number of benzene rings is 1. The van der Waals surface area contributed by atoms with Crippen LogP contribution < -0.4 is 9.64 Å². The average molecular weight is 312 g/mol. The lowest BCUT2D eigenvalue weighted by atomic mass is 10.0. The van der Waals surface area contributed by atoms with Crippen molar-refractivity contribution in [1.29, 1.82) is 0 Å². The van der Waals surface area contributed by atoms with Crippen molar-refractivity contribution in [1.82, 2.24) is 9.97 Å². The quantitative estimate of drug-likeness (QED) is 0.674. The second-order valence-electron chi connectivity index (χ2n) is 5.64. The number of furan rings is 1. The van der Waals surface area contributed by atoms with Crippen LogP contribution in [-0.4, -0.2) is 23.6 Å².